The second-order valence-electron chi connectivity index (χ2n) is 7.23. The van der Waals surface area contributed by atoms with Crippen LogP contribution in [0.15, 0.2) is 60.7 Å². The van der Waals surface area contributed by atoms with Crippen LogP contribution in [0.2, 0.25) is 5.02 Å². The number of fused-ring (bicyclic) bond motifs is 1. The maximum absolute atomic E-state index is 6.05. The molecule has 5 rings (SSSR count). The summed E-state index contributed by atoms with van der Waals surface area (Å²) in [5.74, 6) is 2.48. The lowest BCUT2D eigenvalue weighted by Gasteiger charge is -2.18. The molecule has 0 saturated carbocycles. The molecule has 2 aromatic heterocycles. The summed E-state index contributed by atoms with van der Waals surface area (Å²) in [6.45, 7) is 2.47. The van der Waals surface area contributed by atoms with Crippen molar-refractivity contribution in [3.63, 3.8) is 0 Å². The van der Waals surface area contributed by atoms with Crippen molar-refractivity contribution in [3.05, 3.63) is 71.4 Å². The Balaban J connectivity index is 1.51. The minimum Gasteiger partial charge on any atom is -0.487 e. The van der Waals surface area contributed by atoms with Crippen LogP contribution in [-0.2, 0) is 6.61 Å². The number of H-pyrrole nitrogens is 1. The van der Waals surface area contributed by atoms with Crippen LogP contribution >= 0.6 is 11.6 Å². The number of benzene rings is 2. The SMILES string of the molecule is Clc1cccc(OCc2cc3c(N4CCCC4)nc(-c4ccccc4)nc3[nH]2)c1. The number of nitrogens with zero attached hydrogens (tertiary/aromatic N) is 3. The van der Waals surface area contributed by atoms with Gasteiger partial charge in [-0.05, 0) is 37.1 Å². The zero-order chi connectivity index (χ0) is 19.6. The first-order chi connectivity index (χ1) is 14.3. The van der Waals surface area contributed by atoms with Crippen molar-refractivity contribution in [2.75, 3.05) is 18.0 Å². The van der Waals surface area contributed by atoms with Gasteiger partial charge in [-0.25, -0.2) is 9.97 Å². The molecule has 146 valence electrons. The second-order valence-corrected chi connectivity index (χ2v) is 7.67. The van der Waals surface area contributed by atoms with Crippen molar-refractivity contribution in [2.24, 2.45) is 0 Å². The number of aromatic amines is 1. The molecule has 4 aromatic rings. The lowest BCUT2D eigenvalue weighted by atomic mass is 10.2. The van der Waals surface area contributed by atoms with Gasteiger partial charge in [0.15, 0.2) is 5.82 Å². The minimum absolute atomic E-state index is 0.414. The molecule has 0 unspecified atom stereocenters. The van der Waals surface area contributed by atoms with Gasteiger partial charge in [0.1, 0.15) is 23.8 Å². The summed E-state index contributed by atoms with van der Waals surface area (Å²) >= 11 is 6.05. The lowest BCUT2D eigenvalue weighted by molar-refractivity contribution is 0.302. The first-order valence-corrected chi connectivity index (χ1v) is 10.2. The first-order valence-electron chi connectivity index (χ1n) is 9.85. The Morgan fingerprint density at radius 3 is 2.59 bits per heavy atom. The predicted molar refractivity (Wildman–Crippen MR) is 117 cm³/mol. The van der Waals surface area contributed by atoms with Gasteiger partial charge in [0.25, 0.3) is 0 Å². The monoisotopic (exact) mass is 404 g/mol. The number of ether oxygens (including phenoxy) is 1. The molecule has 0 spiro atoms. The molecule has 0 atom stereocenters. The maximum Gasteiger partial charge on any atom is 0.163 e. The third-order valence-corrected chi connectivity index (χ3v) is 5.39. The van der Waals surface area contributed by atoms with Crippen molar-refractivity contribution >= 4 is 28.5 Å². The number of hydrogen-bond acceptors (Lipinski definition) is 4. The average molecular weight is 405 g/mol. The fourth-order valence-electron chi connectivity index (χ4n) is 3.73. The average Bonchev–Trinajstić information content (AvgIpc) is 3.42. The second kappa shape index (κ2) is 7.76. The number of nitrogens with one attached hydrogen (secondary N) is 1. The van der Waals surface area contributed by atoms with Crippen molar-refractivity contribution in [1.82, 2.24) is 15.0 Å². The van der Waals surface area contributed by atoms with Gasteiger partial charge < -0.3 is 14.6 Å². The van der Waals surface area contributed by atoms with Crippen LogP contribution < -0.4 is 9.64 Å². The molecule has 0 amide bonds. The van der Waals surface area contributed by atoms with Crippen LogP contribution in [0.4, 0.5) is 5.82 Å². The molecule has 5 nitrogen and oxygen atoms in total. The van der Waals surface area contributed by atoms with Gasteiger partial charge in [-0.2, -0.15) is 0 Å². The Bertz CT molecular complexity index is 1140. The predicted octanol–water partition coefficient (Wildman–Crippen LogP) is 5.46. The van der Waals surface area contributed by atoms with Gasteiger partial charge in [0, 0.05) is 23.7 Å². The van der Waals surface area contributed by atoms with E-state index in [9.17, 15) is 0 Å². The highest BCUT2D eigenvalue weighted by Crippen LogP contribution is 2.30. The van der Waals surface area contributed by atoms with Gasteiger partial charge >= 0.3 is 0 Å². The Labute approximate surface area is 174 Å². The third kappa shape index (κ3) is 3.78. The fraction of sp³-hybridized carbons (Fsp3) is 0.217. The van der Waals surface area contributed by atoms with E-state index in [1.807, 2.05) is 54.6 Å². The largest absolute Gasteiger partial charge is 0.487 e. The van der Waals surface area contributed by atoms with Crippen molar-refractivity contribution < 1.29 is 4.74 Å². The summed E-state index contributed by atoms with van der Waals surface area (Å²) in [5.41, 5.74) is 2.81. The summed E-state index contributed by atoms with van der Waals surface area (Å²) in [6.07, 6.45) is 2.39. The number of halogens is 1. The molecule has 0 bridgehead atoms. The summed E-state index contributed by atoms with van der Waals surface area (Å²) < 4.78 is 5.91. The summed E-state index contributed by atoms with van der Waals surface area (Å²) in [7, 11) is 0. The van der Waals surface area contributed by atoms with E-state index in [4.69, 9.17) is 26.3 Å². The molecule has 2 aromatic carbocycles. The van der Waals surface area contributed by atoms with E-state index in [2.05, 4.69) is 16.0 Å². The van der Waals surface area contributed by atoms with E-state index in [0.29, 0.717) is 11.6 Å². The zero-order valence-electron chi connectivity index (χ0n) is 15.9. The molecule has 0 radical (unpaired) electrons. The van der Waals surface area contributed by atoms with E-state index < -0.39 is 0 Å². The normalized spacial score (nSPS) is 13.9. The highest BCUT2D eigenvalue weighted by molar-refractivity contribution is 6.30. The molecule has 0 aliphatic carbocycles. The Morgan fingerprint density at radius 1 is 0.966 bits per heavy atom. The highest BCUT2D eigenvalue weighted by atomic mass is 35.5. The highest BCUT2D eigenvalue weighted by Gasteiger charge is 2.20. The smallest absolute Gasteiger partial charge is 0.163 e. The van der Waals surface area contributed by atoms with Crippen LogP contribution in [0.25, 0.3) is 22.4 Å². The molecule has 29 heavy (non-hydrogen) atoms. The summed E-state index contributed by atoms with van der Waals surface area (Å²) in [4.78, 5) is 15.5. The van der Waals surface area contributed by atoms with Crippen LogP contribution in [0, 0.1) is 0 Å². The van der Waals surface area contributed by atoms with Crippen molar-refractivity contribution in [2.45, 2.75) is 19.4 Å². The molecular formula is C23H21ClN4O. The van der Waals surface area contributed by atoms with Gasteiger partial charge in [-0.1, -0.05) is 48.0 Å². The van der Waals surface area contributed by atoms with Gasteiger partial charge in [0.2, 0.25) is 0 Å². The molecule has 1 aliphatic rings. The molecule has 1 fully saturated rings. The summed E-state index contributed by atoms with van der Waals surface area (Å²) in [5, 5.41) is 1.70. The molecule has 1 aliphatic heterocycles. The van der Waals surface area contributed by atoms with E-state index in [-0.39, 0.29) is 0 Å². The van der Waals surface area contributed by atoms with Gasteiger partial charge in [-0.15, -0.1) is 0 Å². The molecular weight excluding hydrogens is 384 g/mol. The van der Waals surface area contributed by atoms with Gasteiger partial charge in [-0.3, -0.25) is 0 Å². The molecule has 6 heteroatoms. The number of anilines is 1. The van der Waals surface area contributed by atoms with Crippen LogP contribution in [0.5, 0.6) is 5.75 Å². The zero-order valence-corrected chi connectivity index (χ0v) is 16.7. The van der Waals surface area contributed by atoms with Gasteiger partial charge in [0.05, 0.1) is 11.1 Å². The Morgan fingerprint density at radius 2 is 1.79 bits per heavy atom. The molecule has 1 saturated heterocycles. The Hall–Kier alpha value is -3.05. The lowest BCUT2D eigenvalue weighted by Crippen LogP contribution is -2.19. The maximum atomic E-state index is 6.05. The topological polar surface area (TPSA) is 54.0 Å². The number of aromatic nitrogens is 3. The van der Waals surface area contributed by atoms with E-state index in [0.717, 1.165) is 52.8 Å². The van der Waals surface area contributed by atoms with Crippen LogP contribution in [0.3, 0.4) is 0 Å². The van der Waals surface area contributed by atoms with E-state index in [1.54, 1.807) is 0 Å². The Kier molecular flexibility index (Phi) is 4.82. The number of hydrogen-bond donors (Lipinski definition) is 1. The van der Waals surface area contributed by atoms with E-state index >= 15 is 0 Å². The van der Waals surface area contributed by atoms with Crippen molar-refractivity contribution in [3.8, 4) is 17.1 Å². The summed E-state index contributed by atoms with van der Waals surface area (Å²) in [6, 6.07) is 19.6. The third-order valence-electron chi connectivity index (χ3n) is 5.15. The molecule has 3 heterocycles. The minimum atomic E-state index is 0.414. The first kappa shape index (κ1) is 18.0. The van der Waals surface area contributed by atoms with Crippen molar-refractivity contribution in [1.29, 1.82) is 0 Å². The quantitative estimate of drug-likeness (QED) is 0.480. The molecule has 1 N–H and O–H groups in total. The fourth-order valence-corrected chi connectivity index (χ4v) is 3.91. The number of rotatable bonds is 5. The van der Waals surface area contributed by atoms with Crippen LogP contribution in [0.1, 0.15) is 18.5 Å². The standard InChI is InChI=1S/C23H21ClN4O/c24-17-9-6-10-19(13-17)29-15-18-14-20-22(25-18)26-21(16-7-2-1-3-8-16)27-23(20)28-11-4-5-12-28/h1-3,6-10,13-14H,4-5,11-12,15H2,(H,25,26,27). The van der Waals surface area contributed by atoms with E-state index in [1.165, 1.54) is 12.8 Å². The van der Waals surface area contributed by atoms with Crippen LogP contribution in [-0.4, -0.2) is 28.0 Å².